The Morgan fingerprint density at radius 2 is 2.33 bits per heavy atom. The molecule has 0 saturated carbocycles. The van der Waals surface area contributed by atoms with Gasteiger partial charge in [-0.1, -0.05) is 17.7 Å². The molecule has 3 heterocycles. The molecule has 1 aromatic rings. The number of pyridine rings is 1. The van der Waals surface area contributed by atoms with E-state index in [4.69, 9.17) is 16.3 Å². The van der Waals surface area contributed by atoms with Crippen LogP contribution in [-0.2, 0) is 4.74 Å². The van der Waals surface area contributed by atoms with Gasteiger partial charge in [-0.15, -0.1) is 0 Å². The molecule has 0 spiro atoms. The molecule has 96 valence electrons. The third kappa shape index (κ3) is 1.75. The first-order chi connectivity index (χ1) is 8.70. The highest BCUT2D eigenvalue weighted by molar-refractivity contribution is 6.29. The minimum absolute atomic E-state index is 0.202. The van der Waals surface area contributed by atoms with Crippen molar-refractivity contribution in [1.29, 1.82) is 0 Å². The zero-order chi connectivity index (χ0) is 12.7. The molecule has 0 unspecified atom stereocenters. The molecule has 2 fully saturated rings. The molecule has 2 aliphatic heterocycles. The van der Waals surface area contributed by atoms with E-state index in [0.29, 0.717) is 17.1 Å². The molecule has 2 aliphatic rings. The number of carbonyl (C=O) groups excluding carboxylic acids is 1. The van der Waals surface area contributed by atoms with Crippen molar-refractivity contribution in [2.24, 2.45) is 0 Å². The van der Waals surface area contributed by atoms with Crippen LogP contribution in [0.1, 0.15) is 30.7 Å². The Bertz CT molecular complexity index is 463. The van der Waals surface area contributed by atoms with E-state index in [1.807, 2.05) is 23.2 Å². The number of fused-ring (bicyclic) bond motifs is 2. The topological polar surface area (TPSA) is 42.4 Å². The number of halogens is 1. The van der Waals surface area contributed by atoms with Crippen LogP contribution in [0.4, 0.5) is 4.79 Å². The first-order valence-electron chi connectivity index (χ1n) is 6.18. The van der Waals surface area contributed by atoms with Crippen molar-refractivity contribution in [3.05, 3.63) is 29.0 Å². The molecule has 4 nitrogen and oxygen atoms in total. The smallest absolute Gasteiger partial charge is 0.410 e. The summed E-state index contributed by atoms with van der Waals surface area (Å²) in [6, 6.07) is 4.40. The second kappa shape index (κ2) is 4.43. The summed E-state index contributed by atoms with van der Waals surface area (Å²) in [6.45, 7) is 0. The second-order valence-corrected chi connectivity index (χ2v) is 5.32. The lowest BCUT2D eigenvalue weighted by Crippen LogP contribution is -2.36. The number of amides is 1. The summed E-state index contributed by atoms with van der Waals surface area (Å²) in [5.41, 5.74) is 1.17. The van der Waals surface area contributed by atoms with Crippen molar-refractivity contribution in [3.63, 3.8) is 0 Å². The van der Waals surface area contributed by atoms with Crippen LogP contribution in [0.2, 0.25) is 5.15 Å². The van der Waals surface area contributed by atoms with Gasteiger partial charge in [0, 0.05) is 24.2 Å². The van der Waals surface area contributed by atoms with Crippen molar-refractivity contribution in [1.82, 2.24) is 9.88 Å². The predicted molar refractivity (Wildman–Crippen MR) is 67.7 cm³/mol. The van der Waals surface area contributed by atoms with E-state index in [0.717, 1.165) is 19.3 Å². The molecule has 0 aromatic carbocycles. The van der Waals surface area contributed by atoms with Crippen LogP contribution in [0.3, 0.4) is 0 Å². The van der Waals surface area contributed by atoms with E-state index < -0.39 is 0 Å². The van der Waals surface area contributed by atoms with E-state index in [1.54, 1.807) is 0 Å². The number of methoxy groups -OCH3 is 1. The Balaban J connectivity index is 1.85. The highest BCUT2D eigenvalue weighted by Crippen LogP contribution is 2.46. The molecular formula is C13H15ClN2O2. The molecule has 0 N–H and O–H groups in total. The fourth-order valence-electron chi connectivity index (χ4n) is 3.34. The first-order valence-corrected chi connectivity index (χ1v) is 6.56. The maximum Gasteiger partial charge on any atom is 0.410 e. The number of hydrogen-bond donors (Lipinski definition) is 0. The highest BCUT2D eigenvalue weighted by Gasteiger charge is 2.49. The molecule has 3 atom stereocenters. The summed E-state index contributed by atoms with van der Waals surface area (Å²) in [6.07, 6.45) is 4.75. The highest BCUT2D eigenvalue weighted by atomic mass is 35.5. The van der Waals surface area contributed by atoms with E-state index in [2.05, 4.69) is 4.98 Å². The van der Waals surface area contributed by atoms with Crippen LogP contribution in [0, 0.1) is 0 Å². The van der Waals surface area contributed by atoms with Crippen LogP contribution in [0.25, 0.3) is 0 Å². The fourth-order valence-corrected chi connectivity index (χ4v) is 3.46. The largest absolute Gasteiger partial charge is 0.453 e. The molecule has 0 aliphatic carbocycles. The molecule has 2 saturated heterocycles. The van der Waals surface area contributed by atoms with Gasteiger partial charge in [0.1, 0.15) is 5.15 Å². The number of nitrogens with zero attached hydrogens (tertiary/aromatic N) is 2. The van der Waals surface area contributed by atoms with Crippen molar-refractivity contribution in [3.8, 4) is 0 Å². The van der Waals surface area contributed by atoms with Crippen LogP contribution in [0.5, 0.6) is 0 Å². The van der Waals surface area contributed by atoms with Gasteiger partial charge >= 0.3 is 6.09 Å². The molecule has 18 heavy (non-hydrogen) atoms. The molecule has 1 amide bonds. The maximum atomic E-state index is 11.8. The average molecular weight is 267 g/mol. The summed E-state index contributed by atoms with van der Waals surface area (Å²) in [4.78, 5) is 17.8. The number of rotatable bonds is 1. The zero-order valence-electron chi connectivity index (χ0n) is 10.2. The van der Waals surface area contributed by atoms with Crippen molar-refractivity contribution in [2.75, 3.05) is 7.11 Å². The van der Waals surface area contributed by atoms with E-state index in [-0.39, 0.29) is 12.1 Å². The van der Waals surface area contributed by atoms with Crippen molar-refractivity contribution in [2.45, 2.75) is 37.3 Å². The minimum Gasteiger partial charge on any atom is -0.453 e. The quantitative estimate of drug-likeness (QED) is 0.734. The summed E-state index contributed by atoms with van der Waals surface area (Å²) >= 11 is 5.80. The fraction of sp³-hybridized carbons (Fsp3) is 0.538. The molecular weight excluding hydrogens is 252 g/mol. The monoisotopic (exact) mass is 266 g/mol. The number of aromatic nitrogens is 1. The Morgan fingerprint density at radius 3 is 3.00 bits per heavy atom. The molecule has 3 rings (SSSR count). The summed E-state index contributed by atoms with van der Waals surface area (Å²) in [7, 11) is 1.44. The zero-order valence-corrected chi connectivity index (χ0v) is 10.9. The van der Waals surface area contributed by atoms with E-state index in [1.165, 1.54) is 12.7 Å². The van der Waals surface area contributed by atoms with Crippen molar-refractivity contribution < 1.29 is 9.53 Å². The predicted octanol–water partition coefficient (Wildman–Crippen LogP) is 2.82. The maximum absolute atomic E-state index is 11.8. The van der Waals surface area contributed by atoms with Gasteiger partial charge in [0.25, 0.3) is 0 Å². The Kier molecular flexibility index (Phi) is 2.90. The molecule has 0 radical (unpaired) electrons. The number of carbonyl (C=O) groups is 1. The summed E-state index contributed by atoms with van der Waals surface area (Å²) in [5, 5.41) is 0.506. The lowest BCUT2D eigenvalue weighted by Gasteiger charge is -2.23. The van der Waals surface area contributed by atoms with Gasteiger partial charge in [-0.2, -0.15) is 0 Å². The second-order valence-electron chi connectivity index (χ2n) is 4.93. The SMILES string of the molecule is COC(=O)N1[C@H]2CC[C@@H]1[C@@H](c1ccc(Cl)nc1)C2. The Labute approximate surface area is 111 Å². The van der Waals surface area contributed by atoms with Crippen LogP contribution < -0.4 is 0 Å². The number of hydrogen-bond acceptors (Lipinski definition) is 3. The van der Waals surface area contributed by atoms with E-state index in [9.17, 15) is 4.79 Å². The van der Waals surface area contributed by atoms with Crippen LogP contribution >= 0.6 is 11.6 Å². The molecule has 5 heteroatoms. The van der Waals surface area contributed by atoms with Crippen molar-refractivity contribution >= 4 is 17.7 Å². The lowest BCUT2D eigenvalue weighted by atomic mass is 9.85. The van der Waals surface area contributed by atoms with Gasteiger partial charge in [-0.3, -0.25) is 0 Å². The third-order valence-corrected chi connectivity index (χ3v) is 4.32. The first kappa shape index (κ1) is 11.8. The summed E-state index contributed by atoms with van der Waals surface area (Å²) < 4.78 is 4.87. The van der Waals surface area contributed by atoms with Gasteiger partial charge in [-0.05, 0) is 30.9 Å². The standard InChI is InChI=1S/C13H15ClN2O2/c1-18-13(17)16-9-3-4-11(16)10(6-9)8-2-5-12(14)15-7-8/h2,5,7,9-11H,3-4,6H2,1H3/t9-,10+,11+/m0/s1. The van der Waals surface area contributed by atoms with Gasteiger partial charge in [0.05, 0.1) is 7.11 Å². The third-order valence-electron chi connectivity index (χ3n) is 4.10. The molecule has 2 bridgehead atoms. The van der Waals surface area contributed by atoms with Gasteiger partial charge in [-0.25, -0.2) is 9.78 Å². The number of ether oxygens (including phenoxy) is 1. The van der Waals surface area contributed by atoms with Crippen LogP contribution in [-0.4, -0.2) is 35.2 Å². The minimum atomic E-state index is -0.202. The van der Waals surface area contributed by atoms with E-state index >= 15 is 0 Å². The Hall–Kier alpha value is -1.29. The normalized spacial score (nSPS) is 29.7. The lowest BCUT2D eigenvalue weighted by molar-refractivity contribution is 0.116. The molecule has 1 aromatic heterocycles. The van der Waals surface area contributed by atoms with Crippen LogP contribution in [0.15, 0.2) is 18.3 Å². The van der Waals surface area contributed by atoms with Gasteiger partial charge < -0.3 is 9.64 Å². The summed E-state index contributed by atoms with van der Waals surface area (Å²) in [5.74, 6) is 0.368. The Morgan fingerprint density at radius 1 is 1.50 bits per heavy atom. The van der Waals surface area contributed by atoms with Gasteiger partial charge in [0.15, 0.2) is 0 Å². The average Bonchev–Trinajstić information content (AvgIpc) is 2.96. The van der Waals surface area contributed by atoms with Gasteiger partial charge in [0.2, 0.25) is 0 Å².